The lowest BCUT2D eigenvalue weighted by molar-refractivity contribution is -0.139. The van der Waals surface area contributed by atoms with Crippen LogP contribution in [0.1, 0.15) is 6.42 Å². The molecule has 1 atom stereocenters. The fraction of sp³-hybridized carbons (Fsp3) is 0.364. The van der Waals surface area contributed by atoms with E-state index in [1.54, 1.807) is 6.26 Å². The van der Waals surface area contributed by atoms with Crippen molar-refractivity contribution in [2.24, 2.45) is 0 Å². The van der Waals surface area contributed by atoms with Gasteiger partial charge in [0.05, 0.1) is 0 Å². The van der Waals surface area contributed by atoms with E-state index >= 15 is 0 Å². The first-order valence-corrected chi connectivity index (χ1v) is 8.72. The number of carbonyl (C=O) groups is 1. The van der Waals surface area contributed by atoms with Gasteiger partial charge in [0.2, 0.25) is 10.0 Å². The second-order valence-electron chi connectivity index (χ2n) is 3.87. The molecule has 1 aromatic carbocycles. The zero-order valence-electron chi connectivity index (χ0n) is 10.5. The summed E-state index contributed by atoms with van der Waals surface area (Å²) >= 11 is 6.92. The number of aliphatic carboxylic acids is 1. The van der Waals surface area contributed by atoms with Crippen LogP contribution in [0, 0.1) is 5.82 Å². The monoisotopic (exact) mass is 341 g/mol. The molecule has 5 nitrogen and oxygen atoms in total. The van der Waals surface area contributed by atoms with Crippen LogP contribution in [0.5, 0.6) is 0 Å². The van der Waals surface area contributed by atoms with Gasteiger partial charge in [-0.1, -0.05) is 11.6 Å². The number of hydrogen-bond donors (Lipinski definition) is 2. The van der Waals surface area contributed by atoms with Crippen molar-refractivity contribution >= 4 is 39.4 Å². The van der Waals surface area contributed by atoms with Crippen molar-refractivity contribution in [1.82, 2.24) is 4.72 Å². The van der Waals surface area contributed by atoms with Crippen molar-refractivity contribution in [1.29, 1.82) is 0 Å². The van der Waals surface area contributed by atoms with Gasteiger partial charge >= 0.3 is 5.97 Å². The van der Waals surface area contributed by atoms with Gasteiger partial charge in [0.25, 0.3) is 0 Å². The highest BCUT2D eigenvalue weighted by Crippen LogP contribution is 2.19. The summed E-state index contributed by atoms with van der Waals surface area (Å²) in [6.45, 7) is 0. The van der Waals surface area contributed by atoms with Gasteiger partial charge in [-0.25, -0.2) is 12.8 Å². The van der Waals surface area contributed by atoms with Crippen LogP contribution in [-0.4, -0.2) is 37.5 Å². The molecule has 0 saturated heterocycles. The number of nitrogens with one attached hydrogen (secondary N) is 1. The number of carboxylic acid groups (broad SMARTS) is 1. The summed E-state index contributed by atoms with van der Waals surface area (Å²) in [7, 11) is -4.26. The van der Waals surface area contributed by atoms with E-state index in [4.69, 9.17) is 16.7 Å². The lowest BCUT2D eigenvalue weighted by Gasteiger charge is -2.14. The van der Waals surface area contributed by atoms with Crippen molar-refractivity contribution in [3.63, 3.8) is 0 Å². The van der Waals surface area contributed by atoms with Crippen LogP contribution in [0.3, 0.4) is 0 Å². The largest absolute Gasteiger partial charge is 0.480 e. The van der Waals surface area contributed by atoms with Gasteiger partial charge in [0.1, 0.15) is 16.8 Å². The van der Waals surface area contributed by atoms with Crippen LogP contribution in [0.4, 0.5) is 4.39 Å². The molecule has 1 rings (SSSR count). The van der Waals surface area contributed by atoms with Crippen LogP contribution in [0.15, 0.2) is 23.1 Å². The van der Waals surface area contributed by atoms with E-state index in [2.05, 4.69) is 0 Å². The van der Waals surface area contributed by atoms with E-state index in [0.717, 1.165) is 12.1 Å². The number of rotatable bonds is 7. The Bertz CT molecular complexity index is 594. The number of carboxylic acids is 1. The van der Waals surface area contributed by atoms with Crippen LogP contribution in [0.2, 0.25) is 5.02 Å². The predicted molar refractivity (Wildman–Crippen MR) is 76.2 cm³/mol. The quantitative estimate of drug-likeness (QED) is 0.792. The summed E-state index contributed by atoms with van der Waals surface area (Å²) in [6.07, 6.45) is 1.87. The molecule has 0 spiro atoms. The van der Waals surface area contributed by atoms with Gasteiger partial charge in [-0.15, -0.1) is 0 Å². The molecule has 0 saturated carbocycles. The average molecular weight is 342 g/mol. The Kier molecular flexibility index (Phi) is 6.25. The van der Waals surface area contributed by atoms with Crippen molar-refractivity contribution in [3.8, 4) is 0 Å². The molecule has 0 fully saturated rings. The second-order valence-corrected chi connectivity index (χ2v) is 6.97. The van der Waals surface area contributed by atoms with Crippen LogP contribution >= 0.6 is 23.4 Å². The molecule has 0 aromatic heterocycles. The fourth-order valence-corrected chi connectivity index (χ4v) is 3.33. The molecular weight excluding hydrogens is 329 g/mol. The smallest absolute Gasteiger partial charge is 0.321 e. The fourth-order valence-electron chi connectivity index (χ4n) is 1.41. The highest BCUT2D eigenvalue weighted by molar-refractivity contribution is 7.98. The van der Waals surface area contributed by atoms with Crippen LogP contribution in [-0.2, 0) is 14.8 Å². The van der Waals surface area contributed by atoms with Crippen molar-refractivity contribution in [2.45, 2.75) is 17.4 Å². The predicted octanol–water partition coefficient (Wildman–Crippen LogP) is 1.96. The zero-order valence-corrected chi connectivity index (χ0v) is 12.9. The van der Waals surface area contributed by atoms with Crippen LogP contribution < -0.4 is 4.72 Å². The molecule has 0 amide bonds. The molecule has 0 radical (unpaired) electrons. The third-order valence-corrected chi connectivity index (χ3v) is 4.77. The highest BCUT2D eigenvalue weighted by atomic mass is 35.5. The molecule has 0 aliphatic carbocycles. The lowest BCUT2D eigenvalue weighted by Crippen LogP contribution is -2.41. The molecule has 0 heterocycles. The zero-order chi connectivity index (χ0) is 15.3. The average Bonchev–Trinajstić information content (AvgIpc) is 2.33. The van der Waals surface area contributed by atoms with Crippen molar-refractivity contribution < 1.29 is 22.7 Å². The third-order valence-electron chi connectivity index (χ3n) is 2.39. The summed E-state index contributed by atoms with van der Waals surface area (Å²) in [5.74, 6) is -1.88. The molecule has 112 valence electrons. The van der Waals surface area contributed by atoms with Gasteiger partial charge in [-0.2, -0.15) is 16.5 Å². The Labute approximate surface area is 125 Å². The maximum absolute atomic E-state index is 13.6. The second kappa shape index (κ2) is 7.26. The first-order valence-electron chi connectivity index (χ1n) is 5.47. The maximum atomic E-state index is 13.6. The molecule has 0 aliphatic heterocycles. The summed E-state index contributed by atoms with van der Waals surface area (Å²) in [5.41, 5.74) is 0. The molecule has 0 aliphatic rings. The van der Waals surface area contributed by atoms with E-state index in [9.17, 15) is 17.6 Å². The first kappa shape index (κ1) is 17.2. The number of benzene rings is 1. The van der Waals surface area contributed by atoms with E-state index < -0.39 is 32.7 Å². The standard InChI is InChI=1S/C11H13ClFNO4S2/c1-19-5-4-9(11(15)16)14-20(17,18)10-3-2-7(12)6-8(10)13/h2-3,6,9,14H,4-5H2,1H3,(H,15,16)/t9-/m0/s1. The van der Waals surface area contributed by atoms with Gasteiger partial charge in [-0.05, 0) is 36.6 Å². The van der Waals surface area contributed by atoms with Gasteiger partial charge in [-0.3, -0.25) is 4.79 Å². The van der Waals surface area contributed by atoms with Gasteiger partial charge in [0.15, 0.2) is 0 Å². The normalized spacial score (nSPS) is 13.2. The topological polar surface area (TPSA) is 83.5 Å². The Morgan fingerprint density at radius 2 is 2.20 bits per heavy atom. The van der Waals surface area contributed by atoms with E-state index in [-0.39, 0.29) is 11.4 Å². The highest BCUT2D eigenvalue weighted by Gasteiger charge is 2.27. The third kappa shape index (κ3) is 4.62. The Morgan fingerprint density at radius 3 is 2.70 bits per heavy atom. The SMILES string of the molecule is CSCC[C@H](NS(=O)(=O)c1ccc(Cl)cc1F)C(=O)O. The summed E-state index contributed by atoms with van der Waals surface area (Å²) in [4.78, 5) is 10.4. The van der Waals surface area contributed by atoms with Gasteiger partial charge < -0.3 is 5.11 Å². The maximum Gasteiger partial charge on any atom is 0.321 e. The summed E-state index contributed by atoms with van der Waals surface area (Å²) in [5, 5.41) is 9.03. The molecular formula is C11H13ClFNO4S2. The molecule has 0 bridgehead atoms. The van der Waals surface area contributed by atoms with E-state index in [1.165, 1.54) is 17.8 Å². The minimum atomic E-state index is -4.26. The van der Waals surface area contributed by atoms with E-state index in [0.29, 0.717) is 5.75 Å². The number of sulfonamides is 1. The molecule has 1 aromatic rings. The van der Waals surface area contributed by atoms with E-state index in [1.807, 2.05) is 4.72 Å². The van der Waals surface area contributed by atoms with Crippen molar-refractivity contribution in [3.05, 3.63) is 29.0 Å². The first-order chi connectivity index (χ1) is 9.27. The molecule has 2 N–H and O–H groups in total. The lowest BCUT2D eigenvalue weighted by atomic mass is 10.2. The van der Waals surface area contributed by atoms with Gasteiger partial charge in [0, 0.05) is 5.02 Å². The summed E-state index contributed by atoms with van der Waals surface area (Å²) < 4.78 is 39.5. The summed E-state index contributed by atoms with van der Waals surface area (Å²) in [6, 6.07) is 1.76. The Morgan fingerprint density at radius 1 is 1.55 bits per heavy atom. The minimum Gasteiger partial charge on any atom is -0.480 e. The number of thioether (sulfide) groups is 1. The number of hydrogen-bond acceptors (Lipinski definition) is 4. The molecule has 9 heteroatoms. The van der Waals surface area contributed by atoms with Crippen molar-refractivity contribution in [2.75, 3.05) is 12.0 Å². The Hall–Kier alpha value is -0.830. The Balaban J connectivity index is 3.00. The minimum absolute atomic E-state index is 0.0543. The van der Waals surface area contributed by atoms with Crippen LogP contribution in [0.25, 0.3) is 0 Å². The number of halogens is 2. The molecule has 20 heavy (non-hydrogen) atoms. The molecule has 0 unspecified atom stereocenters.